The maximum Gasteiger partial charge on any atom is 0.163 e. The molecule has 0 spiro atoms. The van der Waals surface area contributed by atoms with Crippen molar-refractivity contribution in [2.75, 3.05) is 25.7 Å². The average Bonchev–Trinajstić information content (AvgIpc) is 2.60. The van der Waals surface area contributed by atoms with E-state index < -0.39 is 0 Å². The Morgan fingerprint density at radius 2 is 1.83 bits per heavy atom. The Balaban J connectivity index is 2.09. The van der Waals surface area contributed by atoms with Crippen LogP contribution in [0.5, 0.6) is 11.5 Å². The van der Waals surface area contributed by atoms with Crippen LogP contribution in [0.1, 0.15) is 12.7 Å². The molecule has 5 heteroatoms. The quantitative estimate of drug-likeness (QED) is 0.707. The van der Waals surface area contributed by atoms with E-state index in [1.54, 1.807) is 7.11 Å². The predicted octanol–water partition coefficient (Wildman–Crippen LogP) is 4.11. The van der Waals surface area contributed by atoms with Gasteiger partial charge in [0.15, 0.2) is 11.5 Å². The molecule has 3 rings (SSSR count). The van der Waals surface area contributed by atoms with Crippen molar-refractivity contribution in [1.29, 1.82) is 0 Å². The molecule has 3 aromatic rings. The van der Waals surface area contributed by atoms with E-state index in [0.717, 1.165) is 39.7 Å². The van der Waals surface area contributed by atoms with E-state index in [4.69, 9.17) is 9.47 Å². The molecule has 0 amide bonds. The van der Waals surface area contributed by atoms with Crippen LogP contribution in [-0.2, 0) is 0 Å². The van der Waals surface area contributed by atoms with Gasteiger partial charge in [0, 0.05) is 24.2 Å². The Morgan fingerprint density at radius 3 is 2.58 bits per heavy atom. The molecule has 1 heterocycles. The lowest BCUT2D eigenvalue weighted by Crippen LogP contribution is -2.13. The molecular formula is C19H21N3O2. The van der Waals surface area contributed by atoms with Crippen LogP contribution in [-0.4, -0.2) is 30.7 Å². The summed E-state index contributed by atoms with van der Waals surface area (Å²) in [5.74, 6) is 3.05. The third-order valence-corrected chi connectivity index (χ3v) is 3.85. The molecule has 0 unspecified atom stereocenters. The molecule has 2 aromatic carbocycles. The number of methoxy groups -OCH3 is 1. The number of benzene rings is 2. The second kappa shape index (κ2) is 6.74. The maximum atomic E-state index is 5.68. The Bertz CT molecular complexity index is 864. The summed E-state index contributed by atoms with van der Waals surface area (Å²) in [4.78, 5) is 11.2. The maximum absolute atomic E-state index is 5.68. The summed E-state index contributed by atoms with van der Waals surface area (Å²) in [5.41, 5.74) is 1.91. The van der Waals surface area contributed by atoms with E-state index in [-0.39, 0.29) is 0 Å². The largest absolute Gasteiger partial charge is 0.493 e. The molecule has 1 aromatic heterocycles. The fourth-order valence-corrected chi connectivity index (χ4v) is 2.69. The first kappa shape index (κ1) is 16.1. The van der Waals surface area contributed by atoms with E-state index in [2.05, 4.69) is 9.97 Å². The number of hydrogen-bond donors (Lipinski definition) is 0. The molecular weight excluding hydrogens is 302 g/mol. The monoisotopic (exact) mass is 323 g/mol. The van der Waals surface area contributed by atoms with Gasteiger partial charge in [-0.2, -0.15) is 0 Å². The van der Waals surface area contributed by atoms with Gasteiger partial charge >= 0.3 is 0 Å². The van der Waals surface area contributed by atoms with Crippen LogP contribution in [0.4, 0.5) is 11.5 Å². The SMILES string of the molecule is CCOc1cc(N(C)c2nc(C)nc3ccccc23)ccc1OC. The van der Waals surface area contributed by atoms with Crippen molar-refractivity contribution in [2.24, 2.45) is 0 Å². The fraction of sp³-hybridized carbons (Fsp3) is 0.263. The fourth-order valence-electron chi connectivity index (χ4n) is 2.69. The minimum absolute atomic E-state index is 0.582. The summed E-state index contributed by atoms with van der Waals surface area (Å²) in [5, 5.41) is 1.01. The summed E-state index contributed by atoms with van der Waals surface area (Å²) in [6.45, 7) is 4.44. The first-order chi connectivity index (χ1) is 11.6. The average molecular weight is 323 g/mol. The highest BCUT2D eigenvalue weighted by atomic mass is 16.5. The number of rotatable bonds is 5. The number of aromatic nitrogens is 2. The second-order valence-corrected chi connectivity index (χ2v) is 5.44. The molecule has 0 aliphatic rings. The van der Waals surface area contributed by atoms with Gasteiger partial charge in [-0.1, -0.05) is 12.1 Å². The lowest BCUT2D eigenvalue weighted by atomic mass is 10.2. The molecule has 24 heavy (non-hydrogen) atoms. The number of hydrogen-bond acceptors (Lipinski definition) is 5. The summed E-state index contributed by atoms with van der Waals surface area (Å²) < 4.78 is 11.0. The van der Waals surface area contributed by atoms with E-state index in [0.29, 0.717) is 6.61 Å². The van der Waals surface area contributed by atoms with Gasteiger partial charge in [0.1, 0.15) is 11.6 Å². The van der Waals surface area contributed by atoms with Gasteiger partial charge in [0.25, 0.3) is 0 Å². The van der Waals surface area contributed by atoms with Gasteiger partial charge in [0.2, 0.25) is 0 Å². The van der Waals surface area contributed by atoms with Crippen molar-refractivity contribution in [3.63, 3.8) is 0 Å². The number of anilines is 2. The van der Waals surface area contributed by atoms with Crippen LogP contribution in [0.25, 0.3) is 10.9 Å². The summed E-state index contributed by atoms with van der Waals surface area (Å²) in [6, 6.07) is 13.9. The number of ether oxygens (including phenoxy) is 2. The minimum atomic E-state index is 0.582. The van der Waals surface area contributed by atoms with Gasteiger partial charge in [-0.3, -0.25) is 0 Å². The first-order valence-electron chi connectivity index (χ1n) is 7.92. The molecule has 5 nitrogen and oxygen atoms in total. The molecule has 0 atom stereocenters. The van der Waals surface area contributed by atoms with Crippen LogP contribution in [0.3, 0.4) is 0 Å². The molecule has 0 saturated carbocycles. The number of aryl methyl sites for hydroxylation is 1. The van der Waals surface area contributed by atoms with Crippen LogP contribution in [0.15, 0.2) is 42.5 Å². The number of fused-ring (bicyclic) bond motifs is 1. The third-order valence-electron chi connectivity index (χ3n) is 3.85. The molecule has 0 aliphatic carbocycles. The Kier molecular flexibility index (Phi) is 4.51. The van der Waals surface area contributed by atoms with Crippen molar-refractivity contribution in [3.8, 4) is 11.5 Å². The Hall–Kier alpha value is -2.82. The van der Waals surface area contributed by atoms with Gasteiger partial charge in [-0.05, 0) is 38.1 Å². The molecule has 124 valence electrons. The summed E-state index contributed by atoms with van der Waals surface area (Å²) >= 11 is 0. The molecule has 0 radical (unpaired) electrons. The second-order valence-electron chi connectivity index (χ2n) is 5.44. The number of para-hydroxylation sites is 1. The zero-order valence-corrected chi connectivity index (χ0v) is 14.4. The molecule has 0 bridgehead atoms. The van der Waals surface area contributed by atoms with Gasteiger partial charge < -0.3 is 14.4 Å². The highest BCUT2D eigenvalue weighted by molar-refractivity contribution is 5.91. The number of nitrogens with zero attached hydrogens (tertiary/aromatic N) is 3. The molecule has 0 N–H and O–H groups in total. The molecule has 0 saturated heterocycles. The lowest BCUT2D eigenvalue weighted by Gasteiger charge is -2.22. The highest BCUT2D eigenvalue weighted by Crippen LogP contribution is 2.35. The van der Waals surface area contributed by atoms with Gasteiger partial charge in [-0.15, -0.1) is 0 Å². The highest BCUT2D eigenvalue weighted by Gasteiger charge is 2.14. The van der Waals surface area contributed by atoms with E-state index in [1.165, 1.54) is 0 Å². The third kappa shape index (κ3) is 2.97. The standard InChI is InChI=1S/C19H21N3O2/c1-5-24-18-12-14(10-11-17(18)23-4)22(3)19-15-8-6-7-9-16(15)20-13(2)21-19/h6-12H,5H2,1-4H3. The predicted molar refractivity (Wildman–Crippen MR) is 96.5 cm³/mol. The zero-order valence-electron chi connectivity index (χ0n) is 14.4. The Labute approximate surface area is 141 Å². The topological polar surface area (TPSA) is 47.5 Å². The van der Waals surface area contributed by atoms with Crippen LogP contribution < -0.4 is 14.4 Å². The van der Waals surface area contributed by atoms with Crippen molar-refractivity contribution >= 4 is 22.4 Å². The lowest BCUT2D eigenvalue weighted by molar-refractivity contribution is 0.311. The van der Waals surface area contributed by atoms with Crippen molar-refractivity contribution < 1.29 is 9.47 Å². The van der Waals surface area contributed by atoms with Crippen molar-refractivity contribution in [2.45, 2.75) is 13.8 Å². The van der Waals surface area contributed by atoms with Crippen molar-refractivity contribution in [3.05, 3.63) is 48.3 Å². The van der Waals surface area contributed by atoms with E-state index in [1.807, 2.05) is 68.3 Å². The molecule has 0 aliphatic heterocycles. The Morgan fingerprint density at radius 1 is 1.04 bits per heavy atom. The van der Waals surface area contributed by atoms with Crippen LogP contribution in [0, 0.1) is 6.92 Å². The minimum Gasteiger partial charge on any atom is -0.493 e. The van der Waals surface area contributed by atoms with E-state index in [9.17, 15) is 0 Å². The van der Waals surface area contributed by atoms with E-state index >= 15 is 0 Å². The summed E-state index contributed by atoms with van der Waals surface area (Å²) in [6.07, 6.45) is 0. The van der Waals surface area contributed by atoms with Crippen LogP contribution >= 0.6 is 0 Å². The first-order valence-corrected chi connectivity index (χ1v) is 7.92. The summed E-state index contributed by atoms with van der Waals surface area (Å²) in [7, 11) is 3.63. The zero-order chi connectivity index (χ0) is 17.1. The smallest absolute Gasteiger partial charge is 0.163 e. The van der Waals surface area contributed by atoms with Gasteiger partial charge in [-0.25, -0.2) is 9.97 Å². The van der Waals surface area contributed by atoms with Crippen molar-refractivity contribution in [1.82, 2.24) is 9.97 Å². The molecule has 0 fully saturated rings. The van der Waals surface area contributed by atoms with Crippen LogP contribution in [0.2, 0.25) is 0 Å². The normalized spacial score (nSPS) is 10.7. The van der Waals surface area contributed by atoms with Gasteiger partial charge in [0.05, 0.1) is 19.2 Å².